The Morgan fingerprint density at radius 2 is 1.42 bits per heavy atom. The van der Waals surface area contributed by atoms with Gasteiger partial charge in [0.05, 0.1) is 0 Å². The zero-order valence-corrected chi connectivity index (χ0v) is 7.62. The van der Waals surface area contributed by atoms with E-state index in [0.29, 0.717) is 0 Å². The molecule has 62 valence electrons. The molecule has 0 amide bonds. The first-order chi connectivity index (χ1) is 5.86. The Hall–Kier alpha value is -1.30. The molecule has 0 atom stereocenters. The van der Waals surface area contributed by atoms with Crippen molar-refractivity contribution < 1.29 is 0 Å². The summed E-state index contributed by atoms with van der Waals surface area (Å²) in [6.07, 6.45) is 8.31. The van der Waals surface area contributed by atoms with Crippen LogP contribution in [0.2, 0.25) is 0 Å². The van der Waals surface area contributed by atoms with Crippen molar-refractivity contribution in [3.8, 4) is 0 Å². The van der Waals surface area contributed by atoms with E-state index in [2.05, 4.69) is 48.6 Å². The molecular formula is C12H14. The summed E-state index contributed by atoms with van der Waals surface area (Å²) in [4.78, 5) is 0. The van der Waals surface area contributed by atoms with Crippen LogP contribution in [-0.4, -0.2) is 0 Å². The van der Waals surface area contributed by atoms with Gasteiger partial charge in [-0.15, -0.1) is 0 Å². The van der Waals surface area contributed by atoms with E-state index < -0.39 is 0 Å². The Morgan fingerprint density at radius 1 is 0.917 bits per heavy atom. The molecule has 0 aliphatic carbocycles. The maximum absolute atomic E-state index is 2.17. The van der Waals surface area contributed by atoms with E-state index in [4.69, 9.17) is 0 Å². The van der Waals surface area contributed by atoms with Gasteiger partial charge >= 0.3 is 0 Å². The van der Waals surface area contributed by atoms with E-state index in [9.17, 15) is 0 Å². The highest BCUT2D eigenvalue weighted by Gasteiger charge is 1.87. The van der Waals surface area contributed by atoms with E-state index in [0.717, 1.165) is 0 Å². The van der Waals surface area contributed by atoms with Crippen molar-refractivity contribution in [3.63, 3.8) is 0 Å². The molecule has 0 unspecified atom stereocenters. The molecule has 0 aromatic heterocycles. The van der Waals surface area contributed by atoms with Crippen molar-refractivity contribution in [1.82, 2.24) is 0 Å². The normalized spacial score (nSPS) is 11.5. The van der Waals surface area contributed by atoms with Gasteiger partial charge in [-0.2, -0.15) is 0 Å². The largest absolute Gasteiger partial charge is 0.0871 e. The van der Waals surface area contributed by atoms with E-state index >= 15 is 0 Å². The number of benzene rings is 1. The minimum atomic E-state index is 1.26. The zero-order chi connectivity index (χ0) is 8.81. The highest BCUT2D eigenvalue weighted by atomic mass is 13.9. The average Bonchev–Trinajstić information content (AvgIpc) is 2.06. The minimum absolute atomic E-state index is 1.26. The van der Waals surface area contributed by atoms with Gasteiger partial charge in [0, 0.05) is 0 Å². The van der Waals surface area contributed by atoms with Gasteiger partial charge in [-0.25, -0.2) is 0 Å². The van der Waals surface area contributed by atoms with Crippen LogP contribution in [0.1, 0.15) is 25.0 Å². The number of hydrogen-bond donors (Lipinski definition) is 0. The van der Waals surface area contributed by atoms with Gasteiger partial charge in [-0.3, -0.25) is 0 Å². The summed E-state index contributed by atoms with van der Waals surface area (Å²) in [5.74, 6) is 0. The molecule has 0 fully saturated rings. The second-order valence-electron chi connectivity index (χ2n) is 2.67. The highest BCUT2D eigenvalue weighted by molar-refractivity contribution is 5.57. The maximum Gasteiger partial charge on any atom is -0.0254 e. The van der Waals surface area contributed by atoms with Crippen LogP contribution in [0.4, 0.5) is 0 Å². The lowest BCUT2D eigenvalue weighted by molar-refractivity contribution is 1.60. The lowest BCUT2D eigenvalue weighted by atomic mass is 10.1. The number of hydrogen-bond acceptors (Lipinski definition) is 0. The van der Waals surface area contributed by atoms with E-state index in [-0.39, 0.29) is 0 Å². The fourth-order valence-electron chi connectivity index (χ4n) is 1.15. The molecule has 0 saturated heterocycles. The molecule has 0 nitrogen and oxygen atoms in total. The third-order valence-electron chi connectivity index (χ3n) is 1.63. The summed E-state index contributed by atoms with van der Waals surface area (Å²) in [5, 5.41) is 0. The molecule has 12 heavy (non-hydrogen) atoms. The van der Waals surface area contributed by atoms with Crippen molar-refractivity contribution >= 4 is 12.2 Å². The molecular weight excluding hydrogens is 144 g/mol. The molecule has 0 spiro atoms. The van der Waals surface area contributed by atoms with Crippen LogP contribution < -0.4 is 0 Å². The van der Waals surface area contributed by atoms with E-state index in [1.165, 1.54) is 11.1 Å². The molecule has 0 radical (unpaired) electrons. The van der Waals surface area contributed by atoms with Crippen LogP contribution in [0.5, 0.6) is 0 Å². The molecule has 1 rings (SSSR count). The van der Waals surface area contributed by atoms with Gasteiger partial charge < -0.3 is 0 Å². The van der Waals surface area contributed by atoms with Gasteiger partial charge in [-0.05, 0) is 31.0 Å². The van der Waals surface area contributed by atoms with Gasteiger partial charge in [0.2, 0.25) is 0 Å². The summed E-state index contributed by atoms with van der Waals surface area (Å²) < 4.78 is 0. The maximum atomic E-state index is 2.17. The first kappa shape index (κ1) is 8.79. The van der Waals surface area contributed by atoms with Crippen LogP contribution >= 0.6 is 0 Å². The first-order valence-electron chi connectivity index (χ1n) is 4.22. The summed E-state index contributed by atoms with van der Waals surface area (Å²) in [6, 6.07) is 8.45. The summed E-state index contributed by atoms with van der Waals surface area (Å²) in [5.41, 5.74) is 2.52. The molecule has 0 aliphatic rings. The van der Waals surface area contributed by atoms with Crippen molar-refractivity contribution in [1.29, 1.82) is 0 Å². The second kappa shape index (κ2) is 4.55. The fourth-order valence-corrected chi connectivity index (χ4v) is 1.15. The van der Waals surface area contributed by atoms with Crippen LogP contribution in [0, 0.1) is 0 Å². The van der Waals surface area contributed by atoms with Gasteiger partial charge in [-0.1, -0.05) is 42.5 Å². The molecule has 1 aromatic rings. The SMILES string of the molecule is C/C=C\c1cccc(/C=C\C)c1. The Morgan fingerprint density at radius 3 is 1.83 bits per heavy atom. The van der Waals surface area contributed by atoms with Crippen LogP contribution in [0.15, 0.2) is 36.4 Å². The molecule has 0 bridgehead atoms. The smallest absolute Gasteiger partial charge is 0.0254 e. The van der Waals surface area contributed by atoms with E-state index in [1.54, 1.807) is 0 Å². The topological polar surface area (TPSA) is 0 Å². The molecule has 0 heterocycles. The average molecular weight is 158 g/mol. The predicted molar refractivity (Wildman–Crippen MR) is 55.9 cm³/mol. The first-order valence-corrected chi connectivity index (χ1v) is 4.22. The molecule has 0 aliphatic heterocycles. The van der Waals surface area contributed by atoms with Crippen LogP contribution in [0.25, 0.3) is 12.2 Å². The Bertz CT molecular complexity index is 265. The fraction of sp³-hybridized carbons (Fsp3) is 0.167. The number of rotatable bonds is 2. The van der Waals surface area contributed by atoms with Gasteiger partial charge in [0.25, 0.3) is 0 Å². The zero-order valence-electron chi connectivity index (χ0n) is 7.62. The Kier molecular flexibility index (Phi) is 3.34. The van der Waals surface area contributed by atoms with Crippen molar-refractivity contribution in [2.75, 3.05) is 0 Å². The third kappa shape index (κ3) is 2.39. The van der Waals surface area contributed by atoms with Gasteiger partial charge in [0.1, 0.15) is 0 Å². The lowest BCUT2D eigenvalue weighted by Gasteiger charge is -1.95. The molecule has 0 saturated carbocycles. The van der Waals surface area contributed by atoms with Crippen LogP contribution in [-0.2, 0) is 0 Å². The second-order valence-corrected chi connectivity index (χ2v) is 2.67. The highest BCUT2D eigenvalue weighted by Crippen LogP contribution is 2.08. The van der Waals surface area contributed by atoms with Crippen molar-refractivity contribution in [2.45, 2.75) is 13.8 Å². The minimum Gasteiger partial charge on any atom is -0.0871 e. The van der Waals surface area contributed by atoms with Crippen LogP contribution in [0.3, 0.4) is 0 Å². The number of allylic oxidation sites excluding steroid dienone is 2. The summed E-state index contributed by atoms with van der Waals surface area (Å²) in [6.45, 7) is 4.06. The van der Waals surface area contributed by atoms with Crippen molar-refractivity contribution in [2.24, 2.45) is 0 Å². The van der Waals surface area contributed by atoms with Gasteiger partial charge in [0.15, 0.2) is 0 Å². The monoisotopic (exact) mass is 158 g/mol. The summed E-state index contributed by atoms with van der Waals surface area (Å²) in [7, 11) is 0. The molecule has 1 aromatic carbocycles. The third-order valence-corrected chi connectivity index (χ3v) is 1.63. The standard InChI is InChI=1S/C12H14/c1-3-6-11-8-5-9-12(10-11)7-4-2/h3-10H,1-2H3/b6-3-,7-4-. The molecule has 0 N–H and O–H groups in total. The molecule has 0 heteroatoms. The predicted octanol–water partition coefficient (Wildman–Crippen LogP) is 3.75. The van der Waals surface area contributed by atoms with E-state index in [1.807, 2.05) is 13.8 Å². The Balaban J connectivity index is 2.95. The lowest BCUT2D eigenvalue weighted by Crippen LogP contribution is -1.74. The quantitative estimate of drug-likeness (QED) is 0.615. The Labute approximate surface area is 74.2 Å². The van der Waals surface area contributed by atoms with Crippen molar-refractivity contribution in [3.05, 3.63) is 47.5 Å². The summed E-state index contributed by atoms with van der Waals surface area (Å²) >= 11 is 0.